The number of alkyl halides is 1. The molecule has 1 aromatic carbocycles. The number of halogens is 1. The monoisotopic (exact) mass is 373 g/mol. The predicted octanol–water partition coefficient (Wildman–Crippen LogP) is 2.85. The molecule has 0 aliphatic carbocycles. The Hall–Kier alpha value is -1.11. The van der Waals surface area contributed by atoms with Crippen LogP contribution < -0.4 is 5.32 Å². The third kappa shape index (κ3) is 7.77. The number of carbonyl (C=O) groups is 1. The van der Waals surface area contributed by atoms with Crippen molar-refractivity contribution in [2.75, 3.05) is 13.2 Å². The van der Waals surface area contributed by atoms with Crippen molar-refractivity contribution in [3.63, 3.8) is 0 Å². The lowest BCUT2D eigenvalue weighted by Crippen LogP contribution is -2.47. The molecular weight excluding hydrogens is 350 g/mol. The van der Waals surface area contributed by atoms with Gasteiger partial charge in [-0.25, -0.2) is 4.79 Å². The zero-order chi connectivity index (χ0) is 16.6. The van der Waals surface area contributed by atoms with E-state index in [-0.39, 0.29) is 11.4 Å². The van der Waals surface area contributed by atoms with E-state index in [1.54, 1.807) is 20.8 Å². The number of nitrogens with one attached hydrogen (secondary N) is 1. The van der Waals surface area contributed by atoms with Crippen LogP contribution in [-0.4, -0.2) is 40.9 Å². The van der Waals surface area contributed by atoms with E-state index in [1.165, 1.54) is 0 Å². The highest BCUT2D eigenvalue weighted by molar-refractivity contribution is 9.09. The SMILES string of the molecule is CC(C)(C)OC(=O)N[C@@H](CO)[C@H](Br)COCc1ccccc1. The Morgan fingerprint density at radius 2 is 1.95 bits per heavy atom. The van der Waals surface area contributed by atoms with E-state index in [0.717, 1.165) is 5.56 Å². The molecule has 22 heavy (non-hydrogen) atoms. The first-order valence-corrected chi connectivity index (χ1v) is 8.09. The van der Waals surface area contributed by atoms with Crippen molar-refractivity contribution in [3.05, 3.63) is 35.9 Å². The lowest BCUT2D eigenvalue weighted by Gasteiger charge is -2.25. The highest BCUT2D eigenvalue weighted by Crippen LogP contribution is 2.11. The lowest BCUT2D eigenvalue weighted by atomic mass is 10.2. The maximum absolute atomic E-state index is 11.7. The summed E-state index contributed by atoms with van der Waals surface area (Å²) in [5.74, 6) is 0. The molecule has 0 saturated heterocycles. The van der Waals surface area contributed by atoms with Crippen LogP contribution in [-0.2, 0) is 16.1 Å². The standard InChI is InChI=1S/C16H24BrNO4/c1-16(2,3)22-15(20)18-14(9-19)13(17)11-21-10-12-7-5-4-6-8-12/h4-8,13-14,19H,9-11H2,1-3H3,(H,18,20)/t13-,14+/m1/s1. The Bertz CT molecular complexity index is 447. The van der Waals surface area contributed by atoms with Crippen LogP contribution in [0.2, 0.25) is 0 Å². The molecule has 0 spiro atoms. The van der Waals surface area contributed by atoms with Crippen molar-refractivity contribution >= 4 is 22.0 Å². The molecule has 2 N–H and O–H groups in total. The summed E-state index contributed by atoms with van der Waals surface area (Å²) in [6, 6.07) is 9.32. The summed E-state index contributed by atoms with van der Waals surface area (Å²) >= 11 is 3.43. The number of alkyl carbamates (subject to hydrolysis) is 1. The van der Waals surface area contributed by atoms with E-state index < -0.39 is 17.7 Å². The zero-order valence-corrected chi connectivity index (χ0v) is 14.8. The van der Waals surface area contributed by atoms with Gasteiger partial charge in [0, 0.05) is 0 Å². The van der Waals surface area contributed by atoms with E-state index in [1.807, 2.05) is 30.3 Å². The summed E-state index contributed by atoms with van der Waals surface area (Å²) in [4.78, 5) is 11.5. The fourth-order valence-corrected chi connectivity index (χ4v) is 2.18. The minimum atomic E-state index is -0.574. The van der Waals surface area contributed by atoms with Gasteiger partial charge in [-0.15, -0.1) is 0 Å². The molecule has 124 valence electrons. The van der Waals surface area contributed by atoms with Gasteiger partial charge in [0.15, 0.2) is 0 Å². The van der Waals surface area contributed by atoms with E-state index >= 15 is 0 Å². The molecule has 0 aromatic heterocycles. The molecule has 0 saturated carbocycles. The highest BCUT2D eigenvalue weighted by atomic mass is 79.9. The molecule has 2 atom stereocenters. The molecule has 0 unspecified atom stereocenters. The van der Waals surface area contributed by atoms with Gasteiger partial charge < -0.3 is 19.9 Å². The molecule has 6 heteroatoms. The fourth-order valence-electron chi connectivity index (χ4n) is 1.69. The van der Waals surface area contributed by atoms with Gasteiger partial charge in [-0.1, -0.05) is 46.3 Å². The van der Waals surface area contributed by atoms with Crippen molar-refractivity contribution in [2.24, 2.45) is 0 Å². The minimum Gasteiger partial charge on any atom is -0.444 e. The average molecular weight is 374 g/mol. The fraction of sp³-hybridized carbons (Fsp3) is 0.562. The normalized spacial score (nSPS) is 14.2. The van der Waals surface area contributed by atoms with Gasteiger partial charge in [0.05, 0.1) is 30.7 Å². The Morgan fingerprint density at radius 1 is 1.32 bits per heavy atom. The van der Waals surface area contributed by atoms with Crippen LogP contribution in [0.15, 0.2) is 30.3 Å². The summed E-state index contributed by atoms with van der Waals surface area (Å²) in [5, 5.41) is 12.0. The molecule has 0 radical (unpaired) electrons. The molecule has 0 aliphatic rings. The average Bonchev–Trinajstić information content (AvgIpc) is 2.44. The van der Waals surface area contributed by atoms with E-state index in [4.69, 9.17) is 9.47 Å². The predicted molar refractivity (Wildman–Crippen MR) is 89.1 cm³/mol. The number of ether oxygens (including phenoxy) is 2. The van der Waals surface area contributed by atoms with Gasteiger partial charge in [-0.2, -0.15) is 0 Å². The second kappa shape index (κ2) is 9.12. The Labute approximate surface area is 140 Å². The first-order chi connectivity index (χ1) is 10.3. The van der Waals surface area contributed by atoms with E-state index in [0.29, 0.717) is 13.2 Å². The van der Waals surface area contributed by atoms with Crippen molar-refractivity contribution in [1.82, 2.24) is 5.32 Å². The number of aliphatic hydroxyl groups excluding tert-OH is 1. The largest absolute Gasteiger partial charge is 0.444 e. The highest BCUT2D eigenvalue weighted by Gasteiger charge is 2.24. The van der Waals surface area contributed by atoms with Crippen LogP contribution in [0.4, 0.5) is 4.79 Å². The maximum Gasteiger partial charge on any atom is 0.407 e. The van der Waals surface area contributed by atoms with Gasteiger partial charge in [-0.05, 0) is 26.3 Å². The molecule has 0 aliphatic heterocycles. The topological polar surface area (TPSA) is 67.8 Å². The van der Waals surface area contributed by atoms with Gasteiger partial charge in [0.25, 0.3) is 0 Å². The van der Waals surface area contributed by atoms with Gasteiger partial charge in [-0.3, -0.25) is 0 Å². The Kier molecular flexibility index (Phi) is 7.85. The van der Waals surface area contributed by atoms with Crippen LogP contribution in [0.5, 0.6) is 0 Å². The maximum atomic E-state index is 11.7. The second-order valence-corrected chi connectivity index (χ2v) is 7.13. The first kappa shape index (κ1) is 18.9. The third-order valence-electron chi connectivity index (χ3n) is 2.72. The van der Waals surface area contributed by atoms with Gasteiger partial charge in [0.1, 0.15) is 5.60 Å². The van der Waals surface area contributed by atoms with Crippen LogP contribution in [0, 0.1) is 0 Å². The molecule has 1 aromatic rings. The number of carbonyl (C=O) groups excluding carboxylic acids is 1. The smallest absolute Gasteiger partial charge is 0.407 e. The van der Waals surface area contributed by atoms with Gasteiger partial charge >= 0.3 is 6.09 Å². The molecule has 1 rings (SSSR count). The molecule has 5 nitrogen and oxygen atoms in total. The van der Waals surface area contributed by atoms with E-state index in [9.17, 15) is 9.90 Å². The number of amides is 1. The van der Waals surface area contributed by atoms with Crippen LogP contribution in [0.3, 0.4) is 0 Å². The van der Waals surface area contributed by atoms with Crippen molar-refractivity contribution in [2.45, 2.75) is 43.8 Å². The molecular formula is C16H24BrNO4. The molecule has 1 amide bonds. The summed E-state index contributed by atoms with van der Waals surface area (Å²) in [6.45, 7) is 5.99. The number of hydrogen-bond acceptors (Lipinski definition) is 4. The number of benzene rings is 1. The van der Waals surface area contributed by atoms with Crippen molar-refractivity contribution in [3.8, 4) is 0 Å². The van der Waals surface area contributed by atoms with E-state index in [2.05, 4.69) is 21.2 Å². The summed E-state index contributed by atoms with van der Waals surface area (Å²) < 4.78 is 10.8. The van der Waals surface area contributed by atoms with Crippen molar-refractivity contribution < 1.29 is 19.4 Å². The quantitative estimate of drug-likeness (QED) is 0.721. The number of rotatable bonds is 7. The molecule has 0 fully saturated rings. The minimum absolute atomic E-state index is 0.205. The van der Waals surface area contributed by atoms with Crippen LogP contribution >= 0.6 is 15.9 Å². The lowest BCUT2D eigenvalue weighted by molar-refractivity contribution is 0.0459. The van der Waals surface area contributed by atoms with Crippen molar-refractivity contribution in [1.29, 1.82) is 0 Å². The Morgan fingerprint density at radius 3 is 2.50 bits per heavy atom. The zero-order valence-electron chi connectivity index (χ0n) is 13.2. The van der Waals surface area contributed by atoms with Crippen LogP contribution in [0.25, 0.3) is 0 Å². The summed E-state index contributed by atoms with van der Waals surface area (Å²) in [6.07, 6.45) is -0.556. The van der Waals surface area contributed by atoms with Crippen LogP contribution in [0.1, 0.15) is 26.3 Å². The summed E-state index contributed by atoms with van der Waals surface area (Å²) in [7, 11) is 0. The number of hydrogen-bond donors (Lipinski definition) is 2. The first-order valence-electron chi connectivity index (χ1n) is 7.18. The van der Waals surface area contributed by atoms with Gasteiger partial charge in [0.2, 0.25) is 0 Å². The molecule has 0 bridgehead atoms. The Balaban J connectivity index is 2.37. The number of aliphatic hydroxyl groups is 1. The second-order valence-electron chi connectivity index (χ2n) is 5.95. The summed E-state index contributed by atoms with van der Waals surface area (Å²) in [5.41, 5.74) is 0.498. The third-order valence-corrected chi connectivity index (χ3v) is 3.63. The molecule has 0 heterocycles.